The zero-order valence-corrected chi connectivity index (χ0v) is 17.3. The molecule has 0 aromatic carbocycles. The highest BCUT2D eigenvalue weighted by molar-refractivity contribution is 6.07. The Kier molecular flexibility index (Phi) is 10.1. The van der Waals surface area contributed by atoms with Gasteiger partial charge in [-0.2, -0.15) is 0 Å². The summed E-state index contributed by atoms with van der Waals surface area (Å²) in [5.41, 5.74) is -0.141. The molecule has 0 radical (unpaired) electrons. The van der Waals surface area contributed by atoms with E-state index in [9.17, 15) is 19.5 Å². The number of hydrogen-bond donors (Lipinski definition) is 1. The van der Waals surface area contributed by atoms with Crippen molar-refractivity contribution >= 4 is 17.7 Å². The summed E-state index contributed by atoms with van der Waals surface area (Å²) in [6, 6.07) is 0. The normalized spacial score (nSPS) is 20.4. The fourth-order valence-corrected chi connectivity index (χ4v) is 2.88. The van der Waals surface area contributed by atoms with E-state index in [1.165, 1.54) is 0 Å². The number of allylic oxidation sites excluding steroid dienone is 2. The van der Waals surface area contributed by atoms with Crippen molar-refractivity contribution in [2.45, 2.75) is 78.1 Å². The third-order valence-electron chi connectivity index (χ3n) is 4.64. The van der Waals surface area contributed by atoms with Crippen LogP contribution >= 0.6 is 0 Å². The molecule has 0 amide bonds. The quantitative estimate of drug-likeness (QED) is 0.324. The van der Waals surface area contributed by atoms with Gasteiger partial charge in [0.25, 0.3) is 5.60 Å². The van der Waals surface area contributed by atoms with Gasteiger partial charge in [-0.3, -0.25) is 9.59 Å². The lowest BCUT2D eigenvalue weighted by atomic mass is 9.93. The Bertz CT molecular complexity index is 598. The second-order valence-corrected chi connectivity index (χ2v) is 7.23. The number of carbonyl (C=O) groups is 3. The molecule has 1 fully saturated rings. The van der Waals surface area contributed by atoms with Crippen molar-refractivity contribution in [2.24, 2.45) is 0 Å². The number of aliphatic carboxylic acids is 1. The van der Waals surface area contributed by atoms with Crippen molar-refractivity contribution in [3.63, 3.8) is 0 Å². The van der Waals surface area contributed by atoms with Crippen LogP contribution in [-0.2, 0) is 28.6 Å². The molecule has 28 heavy (non-hydrogen) atoms. The molecule has 7 nitrogen and oxygen atoms in total. The highest BCUT2D eigenvalue weighted by Gasteiger charge is 2.46. The third kappa shape index (κ3) is 7.94. The molecular weight excluding hydrogens is 364 g/mol. The third-order valence-corrected chi connectivity index (χ3v) is 4.64. The van der Waals surface area contributed by atoms with Crippen LogP contribution in [0.15, 0.2) is 23.3 Å². The van der Waals surface area contributed by atoms with Gasteiger partial charge in [0, 0.05) is 20.0 Å². The topological polar surface area (TPSA) is 99.1 Å². The maximum Gasteiger partial charge on any atom is 0.356 e. The van der Waals surface area contributed by atoms with Gasteiger partial charge in [0.15, 0.2) is 12.1 Å². The number of rotatable bonds is 11. The lowest BCUT2D eigenvalue weighted by Crippen LogP contribution is -2.48. The SMILES string of the molecule is CC(=O)OC(CC=C(C)CCC=C(C)COC1CCCCO1)(C(C)=O)C(=O)O. The molecule has 1 heterocycles. The van der Waals surface area contributed by atoms with Crippen LogP contribution in [0.25, 0.3) is 0 Å². The van der Waals surface area contributed by atoms with Crippen molar-refractivity contribution in [3.05, 3.63) is 23.3 Å². The monoisotopic (exact) mass is 396 g/mol. The molecule has 1 N–H and O–H groups in total. The number of hydrogen-bond acceptors (Lipinski definition) is 6. The predicted octanol–water partition coefficient (Wildman–Crippen LogP) is 3.57. The summed E-state index contributed by atoms with van der Waals surface area (Å²) in [6.45, 7) is 7.33. The number of ketones is 1. The van der Waals surface area contributed by atoms with Gasteiger partial charge < -0.3 is 19.3 Å². The van der Waals surface area contributed by atoms with Gasteiger partial charge >= 0.3 is 11.9 Å². The molecule has 1 rings (SSSR count). The maximum atomic E-state index is 11.8. The van der Waals surface area contributed by atoms with Gasteiger partial charge in [-0.1, -0.05) is 23.3 Å². The Morgan fingerprint density at radius 2 is 1.82 bits per heavy atom. The average molecular weight is 396 g/mol. The maximum absolute atomic E-state index is 11.8. The summed E-state index contributed by atoms with van der Waals surface area (Å²) in [5.74, 6) is -2.97. The van der Waals surface area contributed by atoms with E-state index >= 15 is 0 Å². The first-order valence-electron chi connectivity index (χ1n) is 9.66. The summed E-state index contributed by atoms with van der Waals surface area (Å²) in [7, 11) is 0. The number of Topliss-reactive ketones (excluding diaryl/α,β-unsaturated/α-hetero) is 1. The molecule has 1 saturated heterocycles. The Hall–Kier alpha value is -1.99. The molecule has 7 heteroatoms. The fourth-order valence-electron chi connectivity index (χ4n) is 2.88. The first kappa shape index (κ1) is 24.0. The Balaban J connectivity index is 2.54. The first-order valence-corrected chi connectivity index (χ1v) is 9.66. The standard InChI is InChI=1S/C21H32O7/c1-15(11-12-21(17(3)22,20(24)25)28-18(4)23)8-7-9-16(2)14-27-19-10-5-6-13-26-19/h9,11,19H,5-8,10,12-14H2,1-4H3,(H,24,25). The van der Waals surface area contributed by atoms with Crippen LogP contribution in [0.5, 0.6) is 0 Å². The molecule has 0 aromatic rings. The minimum atomic E-state index is -2.16. The van der Waals surface area contributed by atoms with Crippen LogP contribution in [0, 0.1) is 0 Å². The summed E-state index contributed by atoms with van der Waals surface area (Å²) < 4.78 is 16.1. The average Bonchev–Trinajstić information content (AvgIpc) is 2.63. The molecule has 0 bridgehead atoms. The van der Waals surface area contributed by atoms with Crippen LogP contribution in [0.2, 0.25) is 0 Å². The minimum Gasteiger partial charge on any atom is -0.478 e. The fraction of sp³-hybridized carbons (Fsp3) is 0.667. The van der Waals surface area contributed by atoms with E-state index < -0.39 is 23.3 Å². The van der Waals surface area contributed by atoms with E-state index in [1.54, 1.807) is 6.08 Å². The van der Waals surface area contributed by atoms with Gasteiger partial charge in [-0.25, -0.2) is 4.79 Å². The number of carbonyl (C=O) groups excluding carboxylic acids is 2. The lowest BCUT2D eigenvalue weighted by Gasteiger charge is -2.25. The highest BCUT2D eigenvalue weighted by atomic mass is 16.7. The molecule has 1 aliphatic heterocycles. The van der Waals surface area contributed by atoms with Crippen molar-refractivity contribution in [2.75, 3.05) is 13.2 Å². The molecule has 2 atom stereocenters. The second-order valence-electron chi connectivity index (χ2n) is 7.23. The predicted molar refractivity (Wildman–Crippen MR) is 104 cm³/mol. The van der Waals surface area contributed by atoms with E-state index in [1.807, 2.05) is 13.8 Å². The molecule has 0 saturated carbocycles. The number of carboxylic acid groups (broad SMARTS) is 1. The van der Waals surface area contributed by atoms with Crippen molar-refractivity contribution < 1.29 is 33.7 Å². The first-order chi connectivity index (χ1) is 13.2. The van der Waals surface area contributed by atoms with E-state index in [4.69, 9.17) is 14.2 Å². The smallest absolute Gasteiger partial charge is 0.356 e. The van der Waals surface area contributed by atoms with Crippen LogP contribution in [-0.4, -0.2) is 47.9 Å². The molecule has 0 aliphatic carbocycles. The lowest BCUT2D eigenvalue weighted by molar-refractivity contribution is -0.180. The van der Waals surface area contributed by atoms with Gasteiger partial charge in [-0.15, -0.1) is 0 Å². The molecule has 2 unspecified atom stereocenters. The number of carboxylic acids is 1. The van der Waals surface area contributed by atoms with Gasteiger partial charge in [0.1, 0.15) is 0 Å². The second kappa shape index (κ2) is 11.8. The van der Waals surface area contributed by atoms with Crippen molar-refractivity contribution in [1.82, 2.24) is 0 Å². The van der Waals surface area contributed by atoms with Gasteiger partial charge in [-0.05, 0) is 52.9 Å². The van der Waals surface area contributed by atoms with Crippen LogP contribution in [0.1, 0.15) is 66.2 Å². The highest BCUT2D eigenvalue weighted by Crippen LogP contribution is 2.22. The van der Waals surface area contributed by atoms with Gasteiger partial charge in [0.05, 0.1) is 6.61 Å². The zero-order valence-electron chi connectivity index (χ0n) is 17.3. The van der Waals surface area contributed by atoms with Crippen LogP contribution < -0.4 is 0 Å². The van der Waals surface area contributed by atoms with Crippen molar-refractivity contribution in [1.29, 1.82) is 0 Å². The molecule has 0 spiro atoms. The Labute approximate surface area is 166 Å². The van der Waals surface area contributed by atoms with Crippen LogP contribution in [0.3, 0.4) is 0 Å². The van der Waals surface area contributed by atoms with Gasteiger partial charge in [0.2, 0.25) is 0 Å². The Morgan fingerprint density at radius 1 is 1.11 bits per heavy atom. The minimum absolute atomic E-state index is 0.115. The number of ether oxygens (including phenoxy) is 3. The summed E-state index contributed by atoms with van der Waals surface area (Å²) in [5, 5.41) is 9.41. The summed E-state index contributed by atoms with van der Waals surface area (Å²) in [6.07, 6.45) is 8.02. The zero-order chi connectivity index (χ0) is 21.2. The van der Waals surface area contributed by atoms with E-state index in [-0.39, 0.29) is 12.7 Å². The number of esters is 1. The van der Waals surface area contributed by atoms with E-state index in [0.717, 1.165) is 57.3 Å². The molecular formula is C21H32O7. The Morgan fingerprint density at radius 3 is 2.36 bits per heavy atom. The van der Waals surface area contributed by atoms with E-state index in [2.05, 4.69) is 6.08 Å². The van der Waals surface area contributed by atoms with E-state index in [0.29, 0.717) is 13.0 Å². The summed E-state index contributed by atoms with van der Waals surface area (Å²) >= 11 is 0. The molecule has 1 aliphatic rings. The molecule has 0 aromatic heterocycles. The van der Waals surface area contributed by atoms with Crippen molar-refractivity contribution in [3.8, 4) is 0 Å². The van der Waals surface area contributed by atoms with Crippen LogP contribution in [0.4, 0.5) is 0 Å². The summed E-state index contributed by atoms with van der Waals surface area (Å²) in [4.78, 5) is 34.6. The largest absolute Gasteiger partial charge is 0.478 e. The molecule has 158 valence electrons.